The molecule has 3 aromatic rings. The molecule has 0 aliphatic heterocycles. The van der Waals surface area contributed by atoms with E-state index in [1.807, 2.05) is 18.5 Å². The van der Waals surface area contributed by atoms with E-state index in [9.17, 15) is 0 Å². The second-order valence-corrected chi connectivity index (χ2v) is 4.61. The fourth-order valence-electron chi connectivity index (χ4n) is 2.35. The third-order valence-corrected chi connectivity index (χ3v) is 3.30. The van der Waals surface area contributed by atoms with E-state index < -0.39 is 0 Å². The van der Waals surface area contributed by atoms with E-state index >= 15 is 0 Å². The number of aromatic nitrogens is 2. The summed E-state index contributed by atoms with van der Waals surface area (Å²) < 4.78 is 0. The van der Waals surface area contributed by atoms with Crippen molar-refractivity contribution in [2.75, 3.05) is 0 Å². The molecule has 0 aliphatic rings. The number of benzene rings is 1. The van der Waals surface area contributed by atoms with Gasteiger partial charge in [0, 0.05) is 24.3 Å². The van der Waals surface area contributed by atoms with E-state index in [1.165, 1.54) is 22.4 Å². The highest BCUT2D eigenvalue weighted by Crippen LogP contribution is 2.30. The zero-order valence-corrected chi connectivity index (χ0v) is 10.4. The van der Waals surface area contributed by atoms with Crippen molar-refractivity contribution < 1.29 is 0 Å². The van der Waals surface area contributed by atoms with Gasteiger partial charge in [0.25, 0.3) is 0 Å². The molecular formula is C16H16N2. The number of rotatable bonds is 3. The maximum atomic E-state index is 3.32. The molecule has 0 spiro atoms. The lowest BCUT2D eigenvalue weighted by atomic mass is 9.90. The Kier molecular flexibility index (Phi) is 2.77. The topological polar surface area (TPSA) is 31.6 Å². The Hall–Kier alpha value is -2.22. The van der Waals surface area contributed by atoms with E-state index in [1.54, 1.807) is 0 Å². The summed E-state index contributed by atoms with van der Waals surface area (Å²) in [4.78, 5) is 6.46. The van der Waals surface area contributed by atoms with Crippen LogP contribution in [0.2, 0.25) is 0 Å². The average Bonchev–Trinajstić information content (AvgIpc) is 3.06. The molecule has 0 amide bonds. The van der Waals surface area contributed by atoms with E-state index in [2.05, 4.69) is 59.5 Å². The van der Waals surface area contributed by atoms with E-state index in [-0.39, 0.29) is 5.92 Å². The molecule has 2 N–H and O–H groups in total. The molecular weight excluding hydrogens is 220 g/mol. The molecule has 0 bridgehead atoms. The van der Waals surface area contributed by atoms with Gasteiger partial charge < -0.3 is 9.97 Å². The van der Waals surface area contributed by atoms with Gasteiger partial charge >= 0.3 is 0 Å². The van der Waals surface area contributed by atoms with Gasteiger partial charge in [-0.15, -0.1) is 0 Å². The van der Waals surface area contributed by atoms with Crippen molar-refractivity contribution in [1.82, 2.24) is 9.97 Å². The Morgan fingerprint density at radius 3 is 2.33 bits per heavy atom. The molecule has 0 aliphatic carbocycles. The Bertz CT molecular complexity index is 555. The minimum Gasteiger partial charge on any atom is -0.367 e. The first kappa shape index (κ1) is 10.9. The Morgan fingerprint density at radius 2 is 1.72 bits per heavy atom. The summed E-state index contributed by atoms with van der Waals surface area (Å²) in [6, 6.07) is 15.0. The molecule has 90 valence electrons. The summed E-state index contributed by atoms with van der Waals surface area (Å²) >= 11 is 0. The second-order valence-electron chi connectivity index (χ2n) is 4.61. The molecule has 2 aromatic heterocycles. The fraction of sp³-hybridized carbons (Fsp3) is 0.125. The number of hydrogen-bond donors (Lipinski definition) is 2. The molecule has 1 unspecified atom stereocenters. The Morgan fingerprint density at radius 1 is 0.889 bits per heavy atom. The number of nitrogens with one attached hydrogen (secondary N) is 2. The van der Waals surface area contributed by atoms with Gasteiger partial charge in [-0.3, -0.25) is 0 Å². The van der Waals surface area contributed by atoms with Crippen molar-refractivity contribution >= 4 is 0 Å². The summed E-state index contributed by atoms with van der Waals surface area (Å²) in [5.41, 5.74) is 5.10. The summed E-state index contributed by atoms with van der Waals surface area (Å²) in [7, 11) is 0. The zero-order chi connectivity index (χ0) is 12.4. The highest BCUT2D eigenvalue weighted by Gasteiger charge is 2.17. The van der Waals surface area contributed by atoms with Gasteiger partial charge in [0.15, 0.2) is 0 Å². The van der Waals surface area contributed by atoms with Gasteiger partial charge in [-0.1, -0.05) is 29.8 Å². The third kappa shape index (κ3) is 1.97. The van der Waals surface area contributed by atoms with Crippen LogP contribution in [0.15, 0.2) is 61.1 Å². The summed E-state index contributed by atoms with van der Waals surface area (Å²) in [6.07, 6.45) is 6.01. The molecule has 2 heteroatoms. The molecule has 1 aromatic carbocycles. The quantitative estimate of drug-likeness (QED) is 0.692. The van der Waals surface area contributed by atoms with E-state index in [0.29, 0.717) is 0 Å². The maximum absolute atomic E-state index is 3.32. The molecule has 0 radical (unpaired) electrons. The van der Waals surface area contributed by atoms with Crippen LogP contribution in [0.3, 0.4) is 0 Å². The van der Waals surface area contributed by atoms with Crippen molar-refractivity contribution in [3.63, 3.8) is 0 Å². The lowest BCUT2D eigenvalue weighted by molar-refractivity contribution is 0.934. The third-order valence-electron chi connectivity index (χ3n) is 3.30. The molecule has 2 heterocycles. The molecule has 0 saturated carbocycles. The predicted molar refractivity (Wildman–Crippen MR) is 73.7 cm³/mol. The van der Waals surface area contributed by atoms with Crippen LogP contribution in [-0.4, -0.2) is 9.97 Å². The minimum absolute atomic E-state index is 0.270. The Balaban J connectivity index is 2.08. The van der Waals surface area contributed by atoms with Crippen molar-refractivity contribution in [3.05, 3.63) is 83.4 Å². The summed E-state index contributed by atoms with van der Waals surface area (Å²) in [5.74, 6) is 0.270. The number of H-pyrrole nitrogens is 2. The second kappa shape index (κ2) is 4.57. The molecule has 0 fully saturated rings. The zero-order valence-electron chi connectivity index (χ0n) is 10.4. The minimum atomic E-state index is 0.270. The van der Waals surface area contributed by atoms with Crippen molar-refractivity contribution in [1.29, 1.82) is 0 Å². The van der Waals surface area contributed by atoms with Crippen molar-refractivity contribution in [2.45, 2.75) is 12.8 Å². The first-order valence-electron chi connectivity index (χ1n) is 6.17. The highest BCUT2D eigenvalue weighted by molar-refractivity contribution is 5.40. The lowest BCUT2D eigenvalue weighted by Gasteiger charge is -2.15. The summed E-state index contributed by atoms with van der Waals surface area (Å²) in [5, 5.41) is 0. The highest BCUT2D eigenvalue weighted by atomic mass is 14.7. The van der Waals surface area contributed by atoms with Crippen LogP contribution in [0.25, 0.3) is 0 Å². The van der Waals surface area contributed by atoms with Crippen molar-refractivity contribution in [2.24, 2.45) is 0 Å². The van der Waals surface area contributed by atoms with E-state index in [0.717, 1.165) is 0 Å². The van der Waals surface area contributed by atoms with Gasteiger partial charge in [0.1, 0.15) is 0 Å². The van der Waals surface area contributed by atoms with Gasteiger partial charge in [0.2, 0.25) is 0 Å². The van der Waals surface area contributed by atoms with Crippen LogP contribution >= 0.6 is 0 Å². The van der Waals surface area contributed by atoms with Crippen LogP contribution < -0.4 is 0 Å². The largest absolute Gasteiger partial charge is 0.367 e. The number of aromatic amines is 2. The van der Waals surface area contributed by atoms with Gasteiger partial charge in [-0.2, -0.15) is 0 Å². The first-order valence-corrected chi connectivity index (χ1v) is 6.17. The van der Waals surface area contributed by atoms with Crippen molar-refractivity contribution in [3.8, 4) is 0 Å². The van der Waals surface area contributed by atoms with Crippen LogP contribution in [0.1, 0.15) is 28.3 Å². The lowest BCUT2D eigenvalue weighted by Crippen LogP contribution is -2.02. The average molecular weight is 236 g/mol. The van der Waals surface area contributed by atoms with Crippen LogP contribution in [0, 0.1) is 6.92 Å². The number of hydrogen-bond acceptors (Lipinski definition) is 0. The normalized spacial score (nSPS) is 12.5. The molecule has 1 atom stereocenters. The monoisotopic (exact) mass is 236 g/mol. The number of aryl methyl sites for hydroxylation is 1. The molecule has 3 rings (SSSR count). The standard InChI is InChI=1S/C16H16N2/c1-12-4-6-13(7-5-12)16(14-8-10-17-11-14)15-3-2-9-18-15/h2-11,16-18H,1H3. The SMILES string of the molecule is Cc1ccc(C(c2cc[nH]c2)c2ccc[nH]2)cc1. The van der Waals surface area contributed by atoms with E-state index in [4.69, 9.17) is 0 Å². The predicted octanol–water partition coefficient (Wildman–Crippen LogP) is 3.83. The maximum Gasteiger partial charge on any atom is 0.0505 e. The fourth-order valence-corrected chi connectivity index (χ4v) is 2.35. The Labute approximate surface area is 107 Å². The first-order chi connectivity index (χ1) is 8.84. The van der Waals surface area contributed by atoms with Crippen LogP contribution in [0.4, 0.5) is 0 Å². The summed E-state index contributed by atoms with van der Waals surface area (Å²) in [6.45, 7) is 2.11. The molecule has 2 nitrogen and oxygen atoms in total. The van der Waals surface area contributed by atoms with Crippen LogP contribution in [-0.2, 0) is 0 Å². The van der Waals surface area contributed by atoms with Crippen LogP contribution in [0.5, 0.6) is 0 Å². The van der Waals surface area contributed by atoms with Gasteiger partial charge in [-0.25, -0.2) is 0 Å². The molecule has 18 heavy (non-hydrogen) atoms. The smallest absolute Gasteiger partial charge is 0.0505 e. The van der Waals surface area contributed by atoms with Gasteiger partial charge in [-0.05, 0) is 36.2 Å². The van der Waals surface area contributed by atoms with Gasteiger partial charge in [0.05, 0.1) is 5.92 Å². The molecule has 0 saturated heterocycles.